The average Bonchev–Trinajstić information content (AvgIpc) is 2.49. The number of rotatable bonds is 6. The summed E-state index contributed by atoms with van der Waals surface area (Å²) in [6.07, 6.45) is 5.79. The summed E-state index contributed by atoms with van der Waals surface area (Å²) in [6.45, 7) is 6.13. The predicted molar refractivity (Wildman–Crippen MR) is 89.6 cm³/mol. The fraction of sp³-hybridized carbons (Fsp3) is 0.300. The zero-order valence-corrected chi connectivity index (χ0v) is 12.9. The van der Waals surface area contributed by atoms with Gasteiger partial charge >= 0.3 is 0 Å². The Bertz CT molecular complexity index is 524. The summed E-state index contributed by atoms with van der Waals surface area (Å²) in [5.41, 5.74) is 2.60. The molecule has 1 heteroatoms. The van der Waals surface area contributed by atoms with E-state index in [1.165, 1.54) is 11.1 Å². The SMILES string of the molecule is C#C[C@H](C(C)C)N(Cc1ccccc1)Cc1ccccc1. The molecule has 108 valence electrons. The fourth-order valence-electron chi connectivity index (χ4n) is 2.61. The van der Waals surface area contributed by atoms with Crippen molar-refractivity contribution in [2.24, 2.45) is 5.92 Å². The van der Waals surface area contributed by atoms with E-state index >= 15 is 0 Å². The van der Waals surface area contributed by atoms with Gasteiger partial charge in [-0.1, -0.05) is 80.4 Å². The first kappa shape index (κ1) is 15.4. The van der Waals surface area contributed by atoms with Crippen molar-refractivity contribution in [2.75, 3.05) is 0 Å². The Morgan fingerprint density at radius 1 is 0.857 bits per heavy atom. The lowest BCUT2D eigenvalue weighted by molar-refractivity contribution is 0.179. The van der Waals surface area contributed by atoms with Crippen molar-refractivity contribution < 1.29 is 0 Å². The van der Waals surface area contributed by atoms with Crippen LogP contribution in [0.4, 0.5) is 0 Å². The van der Waals surface area contributed by atoms with Crippen LogP contribution in [0.3, 0.4) is 0 Å². The molecule has 0 aliphatic carbocycles. The van der Waals surface area contributed by atoms with Crippen LogP contribution in [0.1, 0.15) is 25.0 Å². The number of terminal acetylenes is 1. The van der Waals surface area contributed by atoms with Crippen LogP contribution < -0.4 is 0 Å². The van der Waals surface area contributed by atoms with Crippen molar-refractivity contribution in [3.63, 3.8) is 0 Å². The molecule has 0 unspecified atom stereocenters. The zero-order valence-electron chi connectivity index (χ0n) is 12.9. The van der Waals surface area contributed by atoms with Gasteiger partial charge in [-0.25, -0.2) is 0 Å². The Balaban J connectivity index is 2.20. The molecule has 1 atom stereocenters. The van der Waals surface area contributed by atoms with E-state index in [-0.39, 0.29) is 6.04 Å². The first-order chi connectivity index (χ1) is 10.2. The molecule has 0 saturated heterocycles. The van der Waals surface area contributed by atoms with Crippen LogP contribution >= 0.6 is 0 Å². The lowest BCUT2D eigenvalue weighted by Gasteiger charge is -2.31. The maximum atomic E-state index is 5.79. The van der Waals surface area contributed by atoms with Crippen molar-refractivity contribution in [3.05, 3.63) is 71.8 Å². The summed E-state index contributed by atoms with van der Waals surface area (Å²) in [6, 6.07) is 21.2. The largest absolute Gasteiger partial charge is 0.281 e. The van der Waals surface area contributed by atoms with Crippen LogP contribution in [0, 0.1) is 18.3 Å². The van der Waals surface area contributed by atoms with Crippen LogP contribution in [0.2, 0.25) is 0 Å². The van der Waals surface area contributed by atoms with Crippen molar-refractivity contribution in [3.8, 4) is 12.3 Å². The molecule has 0 fully saturated rings. The molecule has 0 aliphatic heterocycles. The van der Waals surface area contributed by atoms with Gasteiger partial charge in [0.1, 0.15) is 0 Å². The van der Waals surface area contributed by atoms with E-state index in [2.05, 4.69) is 73.2 Å². The van der Waals surface area contributed by atoms with Crippen LogP contribution in [0.25, 0.3) is 0 Å². The second kappa shape index (κ2) is 7.67. The van der Waals surface area contributed by atoms with E-state index in [0.717, 1.165) is 13.1 Å². The van der Waals surface area contributed by atoms with Crippen molar-refractivity contribution in [1.29, 1.82) is 0 Å². The molecule has 0 N–H and O–H groups in total. The third-order valence-electron chi connectivity index (χ3n) is 3.65. The van der Waals surface area contributed by atoms with E-state index in [1.54, 1.807) is 0 Å². The minimum absolute atomic E-state index is 0.144. The molecule has 0 heterocycles. The van der Waals surface area contributed by atoms with Gasteiger partial charge < -0.3 is 0 Å². The van der Waals surface area contributed by atoms with Crippen molar-refractivity contribution in [1.82, 2.24) is 4.90 Å². The quantitative estimate of drug-likeness (QED) is 0.710. The van der Waals surface area contributed by atoms with E-state index in [1.807, 2.05) is 12.1 Å². The maximum absolute atomic E-state index is 5.79. The molecule has 0 saturated carbocycles. The van der Waals surface area contributed by atoms with Gasteiger partial charge in [-0.05, 0) is 17.0 Å². The summed E-state index contributed by atoms with van der Waals surface area (Å²) in [7, 11) is 0. The minimum atomic E-state index is 0.144. The lowest BCUT2D eigenvalue weighted by Crippen LogP contribution is -2.37. The van der Waals surface area contributed by atoms with Gasteiger partial charge in [0.15, 0.2) is 0 Å². The first-order valence-corrected chi connectivity index (χ1v) is 7.48. The van der Waals surface area contributed by atoms with Gasteiger partial charge in [0, 0.05) is 13.1 Å². The molecule has 0 spiro atoms. The molecular formula is C20H23N. The third kappa shape index (κ3) is 4.48. The Morgan fingerprint density at radius 2 is 1.29 bits per heavy atom. The molecule has 2 aromatic rings. The van der Waals surface area contributed by atoms with E-state index in [9.17, 15) is 0 Å². The van der Waals surface area contributed by atoms with Gasteiger partial charge in [0.05, 0.1) is 6.04 Å². The molecule has 1 nitrogen and oxygen atoms in total. The highest BCUT2D eigenvalue weighted by atomic mass is 15.2. The van der Waals surface area contributed by atoms with E-state index < -0.39 is 0 Å². The van der Waals surface area contributed by atoms with Crippen LogP contribution in [0.15, 0.2) is 60.7 Å². The molecular weight excluding hydrogens is 254 g/mol. The Kier molecular flexibility index (Phi) is 5.60. The average molecular weight is 277 g/mol. The molecule has 0 aromatic heterocycles. The Morgan fingerprint density at radius 3 is 1.62 bits per heavy atom. The highest BCUT2D eigenvalue weighted by Crippen LogP contribution is 2.17. The standard InChI is InChI=1S/C20H23N/c1-4-20(17(2)3)21(15-18-11-7-5-8-12-18)16-19-13-9-6-10-14-19/h1,5-14,17,20H,15-16H2,2-3H3/t20-/m1/s1. The van der Waals surface area contributed by atoms with Gasteiger partial charge in [-0.2, -0.15) is 0 Å². The summed E-state index contributed by atoms with van der Waals surface area (Å²) in [4.78, 5) is 2.38. The number of nitrogens with zero attached hydrogens (tertiary/aromatic N) is 1. The van der Waals surface area contributed by atoms with Crippen LogP contribution in [-0.2, 0) is 13.1 Å². The van der Waals surface area contributed by atoms with Crippen LogP contribution in [-0.4, -0.2) is 10.9 Å². The molecule has 0 aliphatic rings. The highest BCUT2D eigenvalue weighted by molar-refractivity contribution is 5.18. The van der Waals surface area contributed by atoms with Crippen molar-refractivity contribution in [2.45, 2.75) is 33.0 Å². The maximum Gasteiger partial charge on any atom is 0.0740 e. The monoisotopic (exact) mass is 277 g/mol. The highest BCUT2D eigenvalue weighted by Gasteiger charge is 2.20. The number of benzene rings is 2. The lowest BCUT2D eigenvalue weighted by atomic mass is 10.0. The first-order valence-electron chi connectivity index (χ1n) is 7.48. The molecule has 2 aromatic carbocycles. The number of hydrogen-bond acceptors (Lipinski definition) is 1. The smallest absolute Gasteiger partial charge is 0.0740 e. The van der Waals surface area contributed by atoms with Gasteiger partial charge in [0.2, 0.25) is 0 Å². The second-order valence-corrected chi connectivity index (χ2v) is 5.73. The van der Waals surface area contributed by atoms with E-state index in [4.69, 9.17) is 6.42 Å². The summed E-state index contributed by atoms with van der Waals surface area (Å²) in [5, 5.41) is 0. The van der Waals surface area contributed by atoms with Gasteiger partial charge in [0.25, 0.3) is 0 Å². The van der Waals surface area contributed by atoms with Crippen LogP contribution in [0.5, 0.6) is 0 Å². The van der Waals surface area contributed by atoms with Crippen molar-refractivity contribution >= 4 is 0 Å². The molecule has 0 amide bonds. The molecule has 0 bridgehead atoms. The van der Waals surface area contributed by atoms with Gasteiger partial charge in [-0.3, -0.25) is 4.90 Å². The Hall–Kier alpha value is -2.04. The predicted octanol–water partition coefficient (Wildman–Crippen LogP) is 4.35. The molecule has 0 radical (unpaired) electrons. The molecule has 2 rings (SSSR count). The summed E-state index contributed by atoms with van der Waals surface area (Å²) >= 11 is 0. The van der Waals surface area contributed by atoms with Gasteiger partial charge in [-0.15, -0.1) is 6.42 Å². The fourth-order valence-corrected chi connectivity index (χ4v) is 2.61. The normalized spacial score (nSPS) is 12.3. The van der Waals surface area contributed by atoms with E-state index in [0.29, 0.717) is 5.92 Å². The Labute approximate surface area is 128 Å². The summed E-state index contributed by atoms with van der Waals surface area (Å²) < 4.78 is 0. The summed E-state index contributed by atoms with van der Waals surface area (Å²) in [5.74, 6) is 3.40. The zero-order chi connectivity index (χ0) is 15.1. The second-order valence-electron chi connectivity index (χ2n) is 5.73. The minimum Gasteiger partial charge on any atom is -0.281 e. The molecule has 21 heavy (non-hydrogen) atoms. The number of hydrogen-bond donors (Lipinski definition) is 0. The topological polar surface area (TPSA) is 3.24 Å². The third-order valence-corrected chi connectivity index (χ3v) is 3.65.